The Morgan fingerprint density at radius 1 is 1.44 bits per heavy atom. The smallest absolute Gasteiger partial charge is 0.180 e. The largest absolute Gasteiger partial charge is 1.00 e. The van der Waals surface area contributed by atoms with Crippen molar-refractivity contribution in [2.45, 2.75) is 13.3 Å². The molecule has 0 saturated carbocycles. The van der Waals surface area contributed by atoms with Gasteiger partial charge in [-0.1, -0.05) is 13.3 Å². The standard InChI is InChI=1S/C8H9.Na/c1-2-8-6-4-3-5-7-8;/h3-6H,2H2,1H3;/q-1;+1. The van der Waals surface area contributed by atoms with Gasteiger partial charge in [-0.05, 0) is 0 Å². The van der Waals surface area contributed by atoms with Crippen LogP contribution in [0.2, 0.25) is 0 Å². The average Bonchev–Trinajstić information content (AvgIpc) is 1.90. The molecular formula is C8H9Na. The van der Waals surface area contributed by atoms with Gasteiger partial charge in [0, 0.05) is 0 Å². The summed E-state index contributed by atoms with van der Waals surface area (Å²) in [5.74, 6) is 0. The van der Waals surface area contributed by atoms with Crippen molar-refractivity contribution in [2.24, 2.45) is 0 Å². The Balaban J connectivity index is 0.000000640. The zero-order valence-corrected chi connectivity index (χ0v) is 8.02. The summed E-state index contributed by atoms with van der Waals surface area (Å²) in [6.07, 6.45) is 1.08. The van der Waals surface area contributed by atoms with Crippen molar-refractivity contribution in [3.05, 3.63) is 35.9 Å². The Morgan fingerprint density at radius 2 is 2.22 bits per heavy atom. The molecular weight excluding hydrogens is 119 g/mol. The summed E-state index contributed by atoms with van der Waals surface area (Å²) >= 11 is 0. The first-order valence-corrected chi connectivity index (χ1v) is 2.89. The Labute approximate surface area is 78.6 Å². The molecule has 0 bridgehead atoms. The summed E-state index contributed by atoms with van der Waals surface area (Å²) in [4.78, 5) is 0. The quantitative estimate of drug-likeness (QED) is 0.338. The maximum atomic E-state index is 3.12. The SMILES string of the molecule is CCc1[c-]cccc1.[Na+]. The fourth-order valence-electron chi connectivity index (χ4n) is 0.650. The van der Waals surface area contributed by atoms with Crippen molar-refractivity contribution >= 4 is 0 Å². The normalized spacial score (nSPS) is 8.11. The summed E-state index contributed by atoms with van der Waals surface area (Å²) in [5.41, 5.74) is 1.28. The first-order chi connectivity index (χ1) is 3.93. The van der Waals surface area contributed by atoms with Crippen molar-refractivity contribution in [3.63, 3.8) is 0 Å². The minimum atomic E-state index is 0. The van der Waals surface area contributed by atoms with Gasteiger partial charge in [-0.25, -0.2) is 0 Å². The van der Waals surface area contributed by atoms with Crippen molar-refractivity contribution < 1.29 is 29.6 Å². The first-order valence-electron chi connectivity index (χ1n) is 2.89. The van der Waals surface area contributed by atoms with E-state index >= 15 is 0 Å². The molecule has 0 aromatic heterocycles. The molecule has 0 nitrogen and oxygen atoms in total. The van der Waals surface area contributed by atoms with E-state index in [4.69, 9.17) is 0 Å². The van der Waals surface area contributed by atoms with Gasteiger partial charge in [0.2, 0.25) is 0 Å². The zero-order valence-electron chi connectivity index (χ0n) is 6.02. The van der Waals surface area contributed by atoms with Gasteiger partial charge < -0.3 is 0 Å². The third kappa shape index (κ3) is 3.04. The Bertz CT molecular complexity index is 146. The van der Waals surface area contributed by atoms with Gasteiger partial charge in [0.05, 0.1) is 0 Å². The number of aryl methyl sites for hydroxylation is 1. The van der Waals surface area contributed by atoms with E-state index in [1.807, 2.05) is 18.2 Å². The van der Waals surface area contributed by atoms with Crippen LogP contribution in [0, 0.1) is 6.07 Å². The molecule has 0 fully saturated rings. The summed E-state index contributed by atoms with van der Waals surface area (Å²) in [6.45, 7) is 2.13. The molecule has 1 heteroatoms. The summed E-state index contributed by atoms with van der Waals surface area (Å²) in [6, 6.07) is 11.2. The van der Waals surface area contributed by atoms with Gasteiger partial charge in [-0.3, -0.25) is 0 Å². The van der Waals surface area contributed by atoms with Gasteiger partial charge >= 0.3 is 29.6 Å². The summed E-state index contributed by atoms with van der Waals surface area (Å²) in [5, 5.41) is 0. The van der Waals surface area contributed by atoms with Crippen molar-refractivity contribution in [3.8, 4) is 0 Å². The third-order valence-electron chi connectivity index (χ3n) is 1.15. The molecule has 42 valence electrons. The number of benzene rings is 1. The molecule has 1 aromatic carbocycles. The Morgan fingerprint density at radius 3 is 2.56 bits per heavy atom. The minimum absolute atomic E-state index is 0. The maximum Gasteiger partial charge on any atom is 1.00 e. The van der Waals surface area contributed by atoms with E-state index in [-0.39, 0.29) is 29.6 Å². The predicted molar refractivity (Wildman–Crippen MR) is 34.7 cm³/mol. The van der Waals surface area contributed by atoms with Crippen molar-refractivity contribution in [2.75, 3.05) is 0 Å². The van der Waals surface area contributed by atoms with E-state index in [0.29, 0.717) is 0 Å². The second-order valence-electron chi connectivity index (χ2n) is 1.74. The van der Waals surface area contributed by atoms with E-state index in [2.05, 4.69) is 19.1 Å². The van der Waals surface area contributed by atoms with Crippen LogP contribution >= 0.6 is 0 Å². The molecule has 1 aromatic rings. The van der Waals surface area contributed by atoms with E-state index < -0.39 is 0 Å². The fourth-order valence-corrected chi connectivity index (χ4v) is 0.650. The van der Waals surface area contributed by atoms with Crippen LogP contribution in [0.25, 0.3) is 0 Å². The summed E-state index contributed by atoms with van der Waals surface area (Å²) < 4.78 is 0. The van der Waals surface area contributed by atoms with Crippen molar-refractivity contribution in [1.82, 2.24) is 0 Å². The first kappa shape index (κ1) is 9.22. The number of hydrogen-bond donors (Lipinski definition) is 0. The molecule has 0 unspecified atom stereocenters. The van der Waals surface area contributed by atoms with Crippen LogP contribution in [-0.4, -0.2) is 0 Å². The molecule has 0 spiro atoms. The maximum absolute atomic E-state index is 3.12. The predicted octanol–water partition coefficient (Wildman–Crippen LogP) is -0.947. The van der Waals surface area contributed by atoms with Gasteiger partial charge in [-0.15, -0.1) is 0 Å². The molecule has 0 amide bonds. The van der Waals surface area contributed by atoms with Crippen LogP contribution in [0.15, 0.2) is 24.3 Å². The minimum Gasteiger partial charge on any atom is -0.180 e. The van der Waals surface area contributed by atoms with Gasteiger partial charge in [0.15, 0.2) is 0 Å². The van der Waals surface area contributed by atoms with Gasteiger partial charge in [-0.2, -0.15) is 35.9 Å². The third-order valence-corrected chi connectivity index (χ3v) is 1.15. The van der Waals surface area contributed by atoms with E-state index in [9.17, 15) is 0 Å². The van der Waals surface area contributed by atoms with Gasteiger partial charge in [0.25, 0.3) is 0 Å². The van der Waals surface area contributed by atoms with Crippen LogP contribution in [0.5, 0.6) is 0 Å². The van der Waals surface area contributed by atoms with Gasteiger partial charge in [0.1, 0.15) is 0 Å². The molecule has 0 radical (unpaired) electrons. The molecule has 1 rings (SSSR count). The molecule has 0 aliphatic rings. The molecule has 0 N–H and O–H groups in total. The summed E-state index contributed by atoms with van der Waals surface area (Å²) in [7, 11) is 0. The molecule has 0 aliphatic carbocycles. The fraction of sp³-hybridized carbons (Fsp3) is 0.250. The van der Waals surface area contributed by atoms with Crippen LogP contribution < -0.4 is 29.6 Å². The molecule has 0 heterocycles. The van der Waals surface area contributed by atoms with Crippen molar-refractivity contribution in [1.29, 1.82) is 0 Å². The van der Waals surface area contributed by atoms with Crippen LogP contribution in [-0.2, 0) is 6.42 Å². The molecule has 0 saturated heterocycles. The number of hydrogen-bond acceptors (Lipinski definition) is 0. The van der Waals surface area contributed by atoms with E-state index in [1.54, 1.807) is 0 Å². The second-order valence-corrected chi connectivity index (χ2v) is 1.74. The van der Waals surface area contributed by atoms with Crippen LogP contribution in [0.4, 0.5) is 0 Å². The monoisotopic (exact) mass is 128 g/mol. The Kier molecular flexibility index (Phi) is 5.16. The Hall–Kier alpha value is 0.220. The second kappa shape index (κ2) is 5.04. The molecule has 0 atom stereocenters. The van der Waals surface area contributed by atoms with Crippen LogP contribution in [0.3, 0.4) is 0 Å². The zero-order chi connectivity index (χ0) is 5.82. The molecule has 9 heavy (non-hydrogen) atoms. The van der Waals surface area contributed by atoms with E-state index in [1.165, 1.54) is 5.56 Å². The average molecular weight is 128 g/mol. The topological polar surface area (TPSA) is 0 Å². The van der Waals surface area contributed by atoms with Crippen LogP contribution in [0.1, 0.15) is 12.5 Å². The van der Waals surface area contributed by atoms with E-state index in [0.717, 1.165) is 6.42 Å². The molecule has 0 aliphatic heterocycles. The number of rotatable bonds is 1.